The lowest BCUT2D eigenvalue weighted by Gasteiger charge is -2.20. The number of likely N-dealkylation sites (tertiary alicyclic amines) is 1. The van der Waals surface area contributed by atoms with Crippen molar-refractivity contribution in [2.45, 2.75) is 6.54 Å². The van der Waals surface area contributed by atoms with Crippen LogP contribution in [-0.2, 0) is 6.54 Å². The number of piperidine rings is 1. The zero-order chi connectivity index (χ0) is 13.4. The number of aliphatic hydroxyl groups excluding tert-OH is 1. The standard InChI is InChI=1S/C15H18N2O2/c1-19-15-4-10(5-16)2-3-11(15)6-17-7-12-13(8-17)14(12)9-18/h2-4,12-14,18H,6-9H2,1H3/t12-,13+,14?. The summed E-state index contributed by atoms with van der Waals surface area (Å²) in [5, 5.41) is 18.0. The summed E-state index contributed by atoms with van der Waals surface area (Å²) >= 11 is 0. The van der Waals surface area contributed by atoms with E-state index < -0.39 is 0 Å². The first-order chi connectivity index (χ1) is 9.26. The fourth-order valence-electron chi connectivity index (χ4n) is 3.32. The Morgan fingerprint density at radius 3 is 2.74 bits per heavy atom. The highest BCUT2D eigenvalue weighted by atomic mass is 16.5. The van der Waals surface area contributed by atoms with Crippen molar-refractivity contribution < 1.29 is 9.84 Å². The number of hydrogen-bond acceptors (Lipinski definition) is 4. The first-order valence-electron chi connectivity index (χ1n) is 6.67. The second-order valence-corrected chi connectivity index (χ2v) is 5.51. The van der Waals surface area contributed by atoms with E-state index in [0.29, 0.717) is 29.9 Å². The SMILES string of the molecule is COc1cc(C#N)ccc1CN1C[C@@H]2C(CO)[C@@H]2C1. The summed E-state index contributed by atoms with van der Waals surface area (Å²) in [4.78, 5) is 2.41. The Kier molecular flexibility index (Phi) is 3.17. The Balaban J connectivity index is 1.67. The average molecular weight is 258 g/mol. The van der Waals surface area contributed by atoms with Gasteiger partial charge in [0.05, 0.1) is 18.7 Å². The summed E-state index contributed by atoms with van der Waals surface area (Å²) < 4.78 is 5.36. The Hall–Kier alpha value is -1.57. The number of hydrogen-bond donors (Lipinski definition) is 1. The first-order valence-corrected chi connectivity index (χ1v) is 6.67. The molecule has 4 heteroatoms. The third kappa shape index (κ3) is 2.20. The summed E-state index contributed by atoms with van der Waals surface area (Å²) in [6.45, 7) is 3.33. The van der Waals surface area contributed by atoms with Crippen LogP contribution in [0.1, 0.15) is 11.1 Å². The van der Waals surface area contributed by atoms with E-state index in [2.05, 4.69) is 11.0 Å². The molecule has 19 heavy (non-hydrogen) atoms. The number of nitrogens with zero attached hydrogens (tertiary/aromatic N) is 2. The number of methoxy groups -OCH3 is 1. The van der Waals surface area contributed by atoms with E-state index in [1.165, 1.54) is 0 Å². The molecule has 0 amide bonds. The van der Waals surface area contributed by atoms with Gasteiger partial charge in [0.25, 0.3) is 0 Å². The third-order valence-corrected chi connectivity index (χ3v) is 4.47. The lowest BCUT2D eigenvalue weighted by Crippen LogP contribution is -2.25. The molecule has 1 N–H and O–H groups in total. The predicted octanol–water partition coefficient (Wildman–Crippen LogP) is 1.24. The molecule has 1 heterocycles. The summed E-state index contributed by atoms with van der Waals surface area (Å²) in [5.74, 6) is 2.71. The van der Waals surface area contributed by atoms with Crippen LogP contribution in [0, 0.1) is 29.1 Å². The fraction of sp³-hybridized carbons (Fsp3) is 0.533. The second-order valence-electron chi connectivity index (χ2n) is 5.51. The normalized spacial score (nSPS) is 28.8. The molecule has 0 spiro atoms. The lowest BCUT2D eigenvalue weighted by atomic mass is 10.1. The van der Waals surface area contributed by atoms with Crippen molar-refractivity contribution >= 4 is 0 Å². The Morgan fingerprint density at radius 2 is 2.16 bits per heavy atom. The van der Waals surface area contributed by atoms with Crippen LogP contribution in [0.5, 0.6) is 5.75 Å². The first kappa shape index (κ1) is 12.5. The van der Waals surface area contributed by atoms with Crippen molar-refractivity contribution in [3.05, 3.63) is 29.3 Å². The van der Waals surface area contributed by atoms with Crippen LogP contribution in [-0.4, -0.2) is 36.8 Å². The highest BCUT2D eigenvalue weighted by Crippen LogP contribution is 2.51. The van der Waals surface area contributed by atoms with Gasteiger partial charge in [-0.15, -0.1) is 0 Å². The molecule has 3 atom stereocenters. The van der Waals surface area contributed by atoms with Gasteiger partial charge in [-0.25, -0.2) is 0 Å². The van der Waals surface area contributed by atoms with Gasteiger partial charge in [0.15, 0.2) is 0 Å². The van der Waals surface area contributed by atoms with Crippen molar-refractivity contribution in [2.75, 3.05) is 26.8 Å². The maximum Gasteiger partial charge on any atom is 0.124 e. The number of nitriles is 1. The van der Waals surface area contributed by atoms with Crippen molar-refractivity contribution in [3.63, 3.8) is 0 Å². The topological polar surface area (TPSA) is 56.5 Å². The largest absolute Gasteiger partial charge is 0.496 e. The molecule has 1 aromatic carbocycles. The molecule has 1 unspecified atom stereocenters. The van der Waals surface area contributed by atoms with E-state index >= 15 is 0 Å². The van der Waals surface area contributed by atoms with Crippen LogP contribution in [0.3, 0.4) is 0 Å². The molecule has 1 saturated carbocycles. The average Bonchev–Trinajstić information content (AvgIpc) is 2.93. The molecular formula is C15H18N2O2. The van der Waals surface area contributed by atoms with E-state index in [9.17, 15) is 0 Å². The van der Waals surface area contributed by atoms with Gasteiger partial charge in [-0.1, -0.05) is 6.07 Å². The molecular weight excluding hydrogens is 240 g/mol. The van der Waals surface area contributed by atoms with E-state index in [1.807, 2.05) is 12.1 Å². The van der Waals surface area contributed by atoms with Gasteiger partial charge in [-0.05, 0) is 29.9 Å². The molecule has 1 aromatic rings. The minimum Gasteiger partial charge on any atom is -0.496 e. The number of fused-ring (bicyclic) bond motifs is 1. The number of aliphatic hydroxyl groups is 1. The minimum absolute atomic E-state index is 0.337. The van der Waals surface area contributed by atoms with Crippen LogP contribution < -0.4 is 4.74 Å². The van der Waals surface area contributed by atoms with E-state index in [4.69, 9.17) is 15.1 Å². The van der Waals surface area contributed by atoms with Gasteiger partial charge in [-0.3, -0.25) is 4.90 Å². The summed E-state index contributed by atoms with van der Waals surface area (Å²) in [7, 11) is 1.64. The van der Waals surface area contributed by atoms with Gasteiger partial charge >= 0.3 is 0 Å². The molecule has 3 rings (SSSR count). The molecule has 4 nitrogen and oxygen atoms in total. The van der Waals surface area contributed by atoms with Gasteiger partial charge in [0, 0.05) is 31.8 Å². The lowest BCUT2D eigenvalue weighted by molar-refractivity contribution is 0.216. The quantitative estimate of drug-likeness (QED) is 0.882. The molecule has 100 valence electrons. The van der Waals surface area contributed by atoms with Crippen LogP contribution in [0.2, 0.25) is 0 Å². The van der Waals surface area contributed by atoms with Crippen molar-refractivity contribution in [1.82, 2.24) is 4.90 Å². The highest BCUT2D eigenvalue weighted by Gasteiger charge is 2.54. The second kappa shape index (κ2) is 4.84. The van der Waals surface area contributed by atoms with Crippen LogP contribution in [0.25, 0.3) is 0 Å². The van der Waals surface area contributed by atoms with E-state index in [1.54, 1.807) is 13.2 Å². The summed E-state index contributed by atoms with van der Waals surface area (Å²) in [5.41, 5.74) is 1.76. The number of ether oxygens (including phenoxy) is 1. The highest BCUT2D eigenvalue weighted by molar-refractivity contribution is 5.42. The van der Waals surface area contributed by atoms with Gasteiger partial charge in [0.2, 0.25) is 0 Å². The monoisotopic (exact) mass is 258 g/mol. The van der Waals surface area contributed by atoms with Gasteiger partial charge in [0.1, 0.15) is 5.75 Å². The third-order valence-electron chi connectivity index (χ3n) is 4.47. The Labute approximate surface area is 113 Å². The van der Waals surface area contributed by atoms with Crippen molar-refractivity contribution in [1.29, 1.82) is 5.26 Å². The fourth-order valence-corrected chi connectivity index (χ4v) is 3.32. The maximum atomic E-state index is 9.16. The molecule has 0 radical (unpaired) electrons. The molecule has 0 aromatic heterocycles. The van der Waals surface area contributed by atoms with E-state index in [-0.39, 0.29) is 0 Å². The van der Waals surface area contributed by atoms with Crippen molar-refractivity contribution in [3.8, 4) is 11.8 Å². The van der Waals surface area contributed by atoms with Crippen molar-refractivity contribution in [2.24, 2.45) is 17.8 Å². The maximum absolute atomic E-state index is 9.16. The molecule has 1 aliphatic carbocycles. The summed E-state index contributed by atoms with van der Waals surface area (Å²) in [6.07, 6.45) is 0. The smallest absolute Gasteiger partial charge is 0.124 e. The van der Waals surface area contributed by atoms with Crippen LogP contribution >= 0.6 is 0 Å². The Morgan fingerprint density at radius 1 is 1.42 bits per heavy atom. The zero-order valence-corrected chi connectivity index (χ0v) is 11.0. The molecule has 1 saturated heterocycles. The molecule has 0 bridgehead atoms. The number of rotatable bonds is 4. The zero-order valence-electron chi connectivity index (χ0n) is 11.0. The molecule has 2 fully saturated rings. The Bertz CT molecular complexity index is 511. The van der Waals surface area contributed by atoms with E-state index in [0.717, 1.165) is 30.9 Å². The summed E-state index contributed by atoms with van der Waals surface area (Å²) in [6, 6.07) is 7.74. The predicted molar refractivity (Wildman–Crippen MR) is 70.5 cm³/mol. The van der Waals surface area contributed by atoms with Gasteiger partial charge in [-0.2, -0.15) is 5.26 Å². The minimum atomic E-state index is 0.337. The van der Waals surface area contributed by atoms with Crippen LogP contribution in [0.15, 0.2) is 18.2 Å². The van der Waals surface area contributed by atoms with Gasteiger partial charge < -0.3 is 9.84 Å². The van der Waals surface area contributed by atoms with Crippen LogP contribution in [0.4, 0.5) is 0 Å². The molecule has 2 aliphatic rings. The molecule has 1 aliphatic heterocycles. The number of benzene rings is 1.